The number of aldehydes is 1. The molecule has 2 N–H and O–H groups in total. The van der Waals surface area contributed by atoms with Crippen molar-refractivity contribution in [2.75, 3.05) is 0 Å². The van der Waals surface area contributed by atoms with Gasteiger partial charge in [0.25, 0.3) is 0 Å². The third-order valence-corrected chi connectivity index (χ3v) is 2.28. The van der Waals surface area contributed by atoms with E-state index in [1.807, 2.05) is 0 Å². The molecule has 0 aliphatic carbocycles. The summed E-state index contributed by atoms with van der Waals surface area (Å²) in [5.74, 6) is -1.52. The Balaban J connectivity index is 3.16. The van der Waals surface area contributed by atoms with Gasteiger partial charge in [-0.3, -0.25) is 9.59 Å². The Morgan fingerprint density at radius 3 is 2.53 bits per heavy atom. The number of aliphatic hydroxyl groups is 1. The van der Waals surface area contributed by atoms with E-state index in [2.05, 4.69) is 0 Å². The third-order valence-electron chi connectivity index (χ3n) is 2.28. The molecule has 0 fully saturated rings. The van der Waals surface area contributed by atoms with E-state index in [4.69, 9.17) is 5.11 Å². The minimum absolute atomic E-state index is 0.0360. The zero-order valence-corrected chi connectivity index (χ0v) is 9.21. The number of carbonyl (C=O) groups excluding carboxylic acids is 2. The van der Waals surface area contributed by atoms with Gasteiger partial charge in [0.05, 0.1) is 0 Å². The predicted molar refractivity (Wildman–Crippen MR) is 58.8 cm³/mol. The van der Waals surface area contributed by atoms with Crippen LogP contribution in [0.3, 0.4) is 0 Å². The first-order chi connectivity index (χ1) is 7.95. The topological polar surface area (TPSA) is 91.7 Å². The number of rotatable bonds is 5. The predicted octanol–water partition coefficient (Wildman–Crippen LogP) is 0.749. The zero-order valence-electron chi connectivity index (χ0n) is 9.21. The average Bonchev–Trinajstić information content (AvgIpc) is 2.27. The quantitative estimate of drug-likeness (QED) is 0.736. The maximum absolute atomic E-state index is 11.0. The van der Waals surface area contributed by atoms with Crippen molar-refractivity contribution in [3.8, 4) is 0 Å². The Morgan fingerprint density at radius 2 is 2.06 bits per heavy atom. The van der Waals surface area contributed by atoms with Crippen LogP contribution in [0.25, 0.3) is 0 Å². The normalized spacial score (nSPS) is 11.9. The Bertz CT molecular complexity index is 464. The summed E-state index contributed by atoms with van der Waals surface area (Å²) in [6, 6.07) is 4.11. The number of carboxylic acids is 1. The van der Waals surface area contributed by atoms with Gasteiger partial charge in [0.2, 0.25) is 0 Å². The molecule has 90 valence electrons. The fourth-order valence-electron chi connectivity index (χ4n) is 1.47. The monoisotopic (exact) mass is 236 g/mol. The van der Waals surface area contributed by atoms with E-state index < -0.39 is 12.1 Å². The molecule has 0 heterocycles. The molecule has 1 aromatic rings. The molecule has 1 aromatic carbocycles. The molecule has 1 unspecified atom stereocenters. The molecule has 0 aliphatic heterocycles. The third kappa shape index (κ3) is 3.22. The second kappa shape index (κ2) is 5.36. The molecular formula is C12H12O5. The van der Waals surface area contributed by atoms with Crippen molar-refractivity contribution < 1.29 is 24.6 Å². The largest absolute Gasteiger partial charge is 0.479 e. The van der Waals surface area contributed by atoms with Crippen molar-refractivity contribution in [3.05, 3.63) is 34.9 Å². The van der Waals surface area contributed by atoms with Crippen LogP contribution >= 0.6 is 0 Å². The van der Waals surface area contributed by atoms with Gasteiger partial charge in [-0.05, 0) is 18.1 Å². The summed E-state index contributed by atoms with van der Waals surface area (Å²) >= 11 is 0. The molecule has 0 aromatic heterocycles. The highest BCUT2D eigenvalue weighted by molar-refractivity contribution is 5.84. The maximum atomic E-state index is 11.0. The van der Waals surface area contributed by atoms with Gasteiger partial charge in [0.15, 0.2) is 6.10 Å². The number of carboxylic acid groups (broad SMARTS) is 1. The van der Waals surface area contributed by atoms with E-state index in [0.29, 0.717) is 17.4 Å². The van der Waals surface area contributed by atoms with Crippen molar-refractivity contribution in [3.63, 3.8) is 0 Å². The van der Waals surface area contributed by atoms with Crippen LogP contribution in [0, 0.1) is 0 Å². The first-order valence-corrected chi connectivity index (χ1v) is 4.94. The van der Waals surface area contributed by atoms with Crippen LogP contribution in [0.1, 0.15) is 34.5 Å². The van der Waals surface area contributed by atoms with Crippen LogP contribution in [-0.2, 0) is 16.0 Å². The lowest BCUT2D eigenvalue weighted by molar-refractivity contribution is -0.146. The zero-order chi connectivity index (χ0) is 13.0. The van der Waals surface area contributed by atoms with Crippen molar-refractivity contribution in [2.45, 2.75) is 19.4 Å². The van der Waals surface area contributed by atoms with Gasteiger partial charge in [-0.1, -0.05) is 18.2 Å². The van der Waals surface area contributed by atoms with Gasteiger partial charge in [-0.15, -0.1) is 0 Å². The smallest absolute Gasteiger partial charge is 0.337 e. The lowest BCUT2D eigenvalue weighted by Gasteiger charge is -2.09. The highest BCUT2D eigenvalue weighted by atomic mass is 16.4. The molecule has 1 atom stereocenters. The van der Waals surface area contributed by atoms with Gasteiger partial charge >= 0.3 is 5.97 Å². The van der Waals surface area contributed by atoms with Crippen LogP contribution in [0.15, 0.2) is 18.2 Å². The lowest BCUT2D eigenvalue weighted by atomic mass is 9.98. The van der Waals surface area contributed by atoms with E-state index in [0.717, 1.165) is 0 Å². The van der Waals surface area contributed by atoms with E-state index >= 15 is 0 Å². The summed E-state index contributed by atoms with van der Waals surface area (Å²) in [5, 5.41) is 18.0. The minimum atomic E-state index is -1.65. The summed E-state index contributed by atoms with van der Waals surface area (Å²) in [5.41, 5.74) is 0.895. The number of ketones is 1. The number of aliphatic hydroxyl groups excluding tert-OH is 1. The molecule has 0 aliphatic rings. The number of hydrogen-bond acceptors (Lipinski definition) is 4. The Kier molecular flexibility index (Phi) is 4.12. The fourth-order valence-corrected chi connectivity index (χ4v) is 1.47. The first kappa shape index (κ1) is 13.1. The summed E-state index contributed by atoms with van der Waals surface area (Å²) in [7, 11) is 0. The Labute approximate surface area is 97.7 Å². The second-order valence-corrected chi connectivity index (χ2v) is 3.70. The number of benzene rings is 1. The summed E-state index contributed by atoms with van der Waals surface area (Å²) in [4.78, 5) is 32.3. The van der Waals surface area contributed by atoms with Gasteiger partial charge in [-0.25, -0.2) is 4.79 Å². The van der Waals surface area contributed by atoms with E-state index in [9.17, 15) is 19.5 Å². The maximum Gasteiger partial charge on any atom is 0.337 e. The highest BCUT2D eigenvalue weighted by Crippen LogP contribution is 2.18. The second-order valence-electron chi connectivity index (χ2n) is 3.70. The van der Waals surface area contributed by atoms with Gasteiger partial charge in [0.1, 0.15) is 12.1 Å². The molecule has 0 bridgehead atoms. The van der Waals surface area contributed by atoms with Crippen molar-refractivity contribution >= 4 is 18.0 Å². The van der Waals surface area contributed by atoms with Crippen LogP contribution < -0.4 is 0 Å². The SMILES string of the molecule is CC(=O)Cc1cc(C(O)C(=O)O)ccc1C=O. The average molecular weight is 236 g/mol. The minimum Gasteiger partial charge on any atom is -0.479 e. The molecule has 0 radical (unpaired) electrons. The van der Waals surface area contributed by atoms with Crippen LogP contribution in [0.2, 0.25) is 0 Å². The number of aliphatic carboxylic acids is 1. The summed E-state index contributed by atoms with van der Waals surface area (Å²) in [6.45, 7) is 1.37. The molecular weight excluding hydrogens is 224 g/mol. The molecule has 5 heteroatoms. The molecule has 5 nitrogen and oxygen atoms in total. The molecule has 1 rings (SSSR count). The van der Waals surface area contributed by atoms with E-state index in [1.165, 1.54) is 25.1 Å². The van der Waals surface area contributed by atoms with Crippen molar-refractivity contribution in [1.82, 2.24) is 0 Å². The number of carbonyl (C=O) groups is 3. The Morgan fingerprint density at radius 1 is 1.41 bits per heavy atom. The fraction of sp³-hybridized carbons (Fsp3) is 0.250. The molecule has 17 heavy (non-hydrogen) atoms. The standard InChI is InChI=1S/C12H12O5/c1-7(14)4-10-5-8(11(15)12(16)17)2-3-9(10)6-13/h2-3,5-6,11,15H,4H2,1H3,(H,16,17). The van der Waals surface area contributed by atoms with Crippen LogP contribution in [0.4, 0.5) is 0 Å². The van der Waals surface area contributed by atoms with Gasteiger partial charge in [-0.2, -0.15) is 0 Å². The van der Waals surface area contributed by atoms with Crippen LogP contribution in [-0.4, -0.2) is 28.3 Å². The van der Waals surface area contributed by atoms with Crippen molar-refractivity contribution in [2.24, 2.45) is 0 Å². The highest BCUT2D eigenvalue weighted by Gasteiger charge is 2.17. The molecule has 0 amide bonds. The van der Waals surface area contributed by atoms with Crippen LogP contribution in [0.5, 0.6) is 0 Å². The molecule has 0 spiro atoms. The molecule has 0 saturated heterocycles. The number of hydrogen-bond donors (Lipinski definition) is 2. The first-order valence-electron chi connectivity index (χ1n) is 4.94. The van der Waals surface area contributed by atoms with E-state index in [-0.39, 0.29) is 17.8 Å². The van der Waals surface area contributed by atoms with Crippen molar-refractivity contribution in [1.29, 1.82) is 0 Å². The summed E-state index contributed by atoms with van der Waals surface area (Å²) in [6.07, 6.45) is -1.02. The lowest BCUT2D eigenvalue weighted by Crippen LogP contribution is -2.11. The van der Waals surface area contributed by atoms with Gasteiger partial charge in [0, 0.05) is 12.0 Å². The Hall–Kier alpha value is -2.01. The summed E-state index contributed by atoms with van der Waals surface area (Å²) < 4.78 is 0. The molecule has 0 saturated carbocycles. The van der Waals surface area contributed by atoms with Gasteiger partial charge < -0.3 is 10.2 Å². The number of Topliss-reactive ketones (excluding diaryl/α,β-unsaturated/α-hetero) is 1. The van der Waals surface area contributed by atoms with E-state index in [1.54, 1.807) is 0 Å².